The highest BCUT2D eigenvalue weighted by Gasteiger charge is 2.28. The van der Waals surface area contributed by atoms with Crippen molar-refractivity contribution in [2.45, 2.75) is 45.2 Å². The molecule has 0 radical (unpaired) electrons. The molecule has 1 heterocycles. The largest absolute Gasteiger partial charge is 0.313 e. The van der Waals surface area contributed by atoms with E-state index < -0.39 is 0 Å². The number of benzene rings is 1. The van der Waals surface area contributed by atoms with Crippen molar-refractivity contribution in [2.24, 2.45) is 5.73 Å². The fourth-order valence-corrected chi connectivity index (χ4v) is 2.64. The Morgan fingerprint density at radius 1 is 1.12 bits per heavy atom. The summed E-state index contributed by atoms with van der Waals surface area (Å²) in [4.78, 5) is 2.44. The fourth-order valence-electron chi connectivity index (χ4n) is 2.64. The van der Waals surface area contributed by atoms with Crippen molar-refractivity contribution < 1.29 is 0 Å². The number of hydrogen-bond donors (Lipinski definition) is 1. The molecule has 94 valence electrons. The summed E-state index contributed by atoms with van der Waals surface area (Å²) >= 11 is 0. The summed E-state index contributed by atoms with van der Waals surface area (Å²) in [6, 6.07) is 8.73. The number of hydrogen-bond acceptors (Lipinski definition) is 2. The summed E-state index contributed by atoms with van der Waals surface area (Å²) in [5, 5.41) is 0. The SMILES string of the molecule is Cc1ccc(CC(C)(N)N2CCCCC2)cc1. The summed E-state index contributed by atoms with van der Waals surface area (Å²) in [6.07, 6.45) is 4.88. The van der Waals surface area contributed by atoms with Gasteiger partial charge in [0, 0.05) is 6.42 Å². The van der Waals surface area contributed by atoms with Gasteiger partial charge in [0.25, 0.3) is 0 Å². The van der Waals surface area contributed by atoms with Crippen LogP contribution in [-0.2, 0) is 6.42 Å². The standard InChI is InChI=1S/C15H24N2/c1-13-6-8-14(9-7-13)12-15(2,16)17-10-4-3-5-11-17/h6-9H,3-5,10-12,16H2,1-2H3. The van der Waals surface area contributed by atoms with Crippen molar-refractivity contribution in [3.8, 4) is 0 Å². The molecule has 2 nitrogen and oxygen atoms in total. The summed E-state index contributed by atoms with van der Waals surface area (Å²) in [5.41, 5.74) is 8.94. The average Bonchev–Trinajstić information content (AvgIpc) is 2.33. The number of aryl methyl sites for hydroxylation is 1. The van der Waals surface area contributed by atoms with Crippen molar-refractivity contribution in [3.05, 3.63) is 35.4 Å². The van der Waals surface area contributed by atoms with Crippen molar-refractivity contribution in [2.75, 3.05) is 13.1 Å². The normalized spacial score (nSPS) is 21.1. The first-order chi connectivity index (χ1) is 8.08. The highest BCUT2D eigenvalue weighted by atomic mass is 15.3. The highest BCUT2D eigenvalue weighted by molar-refractivity contribution is 5.22. The summed E-state index contributed by atoms with van der Waals surface area (Å²) < 4.78 is 0. The minimum Gasteiger partial charge on any atom is -0.313 e. The first-order valence-electron chi connectivity index (χ1n) is 6.67. The van der Waals surface area contributed by atoms with E-state index in [4.69, 9.17) is 5.73 Å². The lowest BCUT2D eigenvalue weighted by molar-refractivity contribution is 0.0856. The molecule has 1 aliphatic rings. The molecule has 2 rings (SSSR count). The van der Waals surface area contributed by atoms with Crippen molar-refractivity contribution in [1.82, 2.24) is 4.90 Å². The van der Waals surface area contributed by atoms with Gasteiger partial charge in [-0.25, -0.2) is 0 Å². The Bertz CT molecular complexity index is 348. The summed E-state index contributed by atoms with van der Waals surface area (Å²) in [5.74, 6) is 0. The van der Waals surface area contributed by atoms with Gasteiger partial charge in [0.05, 0.1) is 5.66 Å². The third-order valence-electron chi connectivity index (χ3n) is 3.76. The van der Waals surface area contributed by atoms with E-state index in [9.17, 15) is 0 Å². The van der Waals surface area contributed by atoms with Crippen molar-refractivity contribution in [1.29, 1.82) is 0 Å². The average molecular weight is 232 g/mol. The molecule has 0 amide bonds. The molecular formula is C15H24N2. The van der Waals surface area contributed by atoms with Gasteiger partial charge in [-0.3, -0.25) is 4.90 Å². The van der Waals surface area contributed by atoms with Crippen LogP contribution in [0, 0.1) is 6.92 Å². The lowest BCUT2D eigenvalue weighted by Crippen LogP contribution is -2.56. The van der Waals surface area contributed by atoms with Crippen LogP contribution in [0.25, 0.3) is 0 Å². The molecule has 0 spiro atoms. The summed E-state index contributed by atoms with van der Waals surface area (Å²) in [6.45, 7) is 6.59. The van der Waals surface area contributed by atoms with Gasteiger partial charge in [0.15, 0.2) is 0 Å². The summed E-state index contributed by atoms with van der Waals surface area (Å²) in [7, 11) is 0. The molecule has 17 heavy (non-hydrogen) atoms. The van der Waals surface area contributed by atoms with Gasteiger partial charge in [-0.15, -0.1) is 0 Å². The van der Waals surface area contributed by atoms with Gasteiger partial charge in [-0.2, -0.15) is 0 Å². The Morgan fingerprint density at radius 2 is 1.71 bits per heavy atom. The molecule has 1 saturated heterocycles. The van der Waals surface area contributed by atoms with Gasteiger partial charge < -0.3 is 5.73 Å². The van der Waals surface area contributed by atoms with E-state index in [1.165, 1.54) is 30.4 Å². The van der Waals surface area contributed by atoms with Crippen molar-refractivity contribution in [3.63, 3.8) is 0 Å². The second-order valence-corrected chi connectivity index (χ2v) is 5.57. The molecule has 2 N–H and O–H groups in total. The molecule has 1 atom stereocenters. The van der Waals surface area contributed by atoms with E-state index in [0.29, 0.717) is 0 Å². The second-order valence-electron chi connectivity index (χ2n) is 5.57. The molecule has 0 aliphatic carbocycles. The maximum atomic E-state index is 6.49. The first-order valence-corrected chi connectivity index (χ1v) is 6.67. The Morgan fingerprint density at radius 3 is 2.29 bits per heavy atom. The Labute approximate surface area is 105 Å². The van der Waals surface area contributed by atoms with Crippen LogP contribution in [0.4, 0.5) is 0 Å². The molecule has 1 aromatic carbocycles. The smallest absolute Gasteiger partial charge is 0.0699 e. The van der Waals surface area contributed by atoms with Crippen LogP contribution in [0.5, 0.6) is 0 Å². The molecule has 0 aromatic heterocycles. The van der Waals surface area contributed by atoms with E-state index in [0.717, 1.165) is 19.5 Å². The molecule has 1 aromatic rings. The predicted molar refractivity (Wildman–Crippen MR) is 72.9 cm³/mol. The fraction of sp³-hybridized carbons (Fsp3) is 0.600. The number of rotatable bonds is 3. The molecule has 0 saturated carbocycles. The lowest BCUT2D eigenvalue weighted by Gasteiger charge is -2.40. The van der Waals surface area contributed by atoms with E-state index in [-0.39, 0.29) is 5.66 Å². The number of nitrogens with two attached hydrogens (primary N) is 1. The van der Waals surface area contributed by atoms with Crippen LogP contribution >= 0.6 is 0 Å². The monoisotopic (exact) mass is 232 g/mol. The quantitative estimate of drug-likeness (QED) is 0.868. The van der Waals surface area contributed by atoms with E-state index in [2.05, 4.69) is 43.0 Å². The number of nitrogens with zero attached hydrogens (tertiary/aromatic N) is 1. The number of likely N-dealkylation sites (tertiary alicyclic amines) is 1. The van der Waals surface area contributed by atoms with Crippen LogP contribution in [0.2, 0.25) is 0 Å². The highest BCUT2D eigenvalue weighted by Crippen LogP contribution is 2.20. The number of piperidine rings is 1. The lowest BCUT2D eigenvalue weighted by atomic mass is 9.97. The molecule has 1 aliphatic heterocycles. The van der Waals surface area contributed by atoms with Gasteiger partial charge in [-0.1, -0.05) is 36.2 Å². The molecule has 2 heteroatoms. The zero-order valence-electron chi connectivity index (χ0n) is 11.1. The maximum Gasteiger partial charge on any atom is 0.0699 e. The second kappa shape index (κ2) is 5.19. The van der Waals surface area contributed by atoms with Crippen molar-refractivity contribution >= 4 is 0 Å². The maximum absolute atomic E-state index is 6.49. The molecular weight excluding hydrogens is 208 g/mol. The first kappa shape index (κ1) is 12.6. The van der Waals surface area contributed by atoms with Crippen LogP contribution in [-0.4, -0.2) is 23.7 Å². The van der Waals surface area contributed by atoms with E-state index >= 15 is 0 Å². The molecule has 0 bridgehead atoms. The van der Waals surface area contributed by atoms with Crippen LogP contribution in [0.15, 0.2) is 24.3 Å². The van der Waals surface area contributed by atoms with Crippen LogP contribution < -0.4 is 5.73 Å². The predicted octanol–water partition coefficient (Wildman–Crippen LogP) is 2.70. The van der Waals surface area contributed by atoms with E-state index in [1.807, 2.05) is 0 Å². The Hall–Kier alpha value is -0.860. The van der Waals surface area contributed by atoms with Gasteiger partial charge in [0.2, 0.25) is 0 Å². The minimum absolute atomic E-state index is 0.199. The van der Waals surface area contributed by atoms with Crippen LogP contribution in [0.1, 0.15) is 37.3 Å². The molecule has 1 fully saturated rings. The van der Waals surface area contributed by atoms with E-state index in [1.54, 1.807) is 0 Å². The van der Waals surface area contributed by atoms with Gasteiger partial charge >= 0.3 is 0 Å². The Balaban J connectivity index is 2.02. The Kier molecular flexibility index (Phi) is 3.85. The zero-order chi connectivity index (χ0) is 12.3. The topological polar surface area (TPSA) is 29.3 Å². The third-order valence-corrected chi connectivity index (χ3v) is 3.76. The zero-order valence-corrected chi connectivity index (χ0v) is 11.1. The van der Waals surface area contributed by atoms with Gasteiger partial charge in [0.1, 0.15) is 0 Å². The van der Waals surface area contributed by atoms with Gasteiger partial charge in [-0.05, 0) is 45.3 Å². The minimum atomic E-state index is -0.199. The van der Waals surface area contributed by atoms with Crippen LogP contribution in [0.3, 0.4) is 0 Å². The third kappa shape index (κ3) is 3.30. The molecule has 1 unspecified atom stereocenters.